The number of likely N-dealkylation sites (tertiary alicyclic amines) is 1. The molecule has 1 aliphatic carbocycles. The van der Waals surface area contributed by atoms with Gasteiger partial charge in [-0.25, -0.2) is 13.1 Å². The van der Waals surface area contributed by atoms with Gasteiger partial charge in [-0.3, -0.25) is 4.79 Å². The first-order valence-corrected chi connectivity index (χ1v) is 12.2. The van der Waals surface area contributed by atoms with Gasteiger partial charge in [0.15, 0.2) is 0 Å². The number of carbonyl (C=O) groups is 1. The second-order valence-corrected chi connectivity index (χ2v) is 10.0. The molecule has 0 aromatic heterocycles. The lowest BCUT2D eigenvalue weighted by molar-refractivity contribution is -0.133. The SMILES string of the molecule is COc1ccccc1-c1ccccc1[C@@H]1C[C@H]1C(=O)N1CCC[C@@H](NS(C)(=O)=O)C1. The number of methoxy groups -OCH3 is 1. The summed E-state index contributed by atoms with van der Waals surface area (Å²) in [6.45, 7) is 1.14. The summed E-state index contributed by atoms with van der Waals surface area (Å²) in [5.41, 5.74) is 3.30. The standard InChI is InChI=1S/C23H28N2O4S/c1-29-22-12-6-5-11-19(22)17-9-3-4-10-18(17)20-14-21(20)23(26)25-13-7-8-16(15-25)24-30(2,27)28/h3-6,9-12,16,20-21,24H,7-8,13-15H2,1-2H3/t16-,20+,21-/m1/s1. The number of hydrogen-bond acceptors (Lipinski definition) is 4. The summed E-state index contributed by atoms with van der Waals surface area (Å²) in [5, 5.41) is 0. The predicted molar refractivity (Wildman–Crippen MR) is 117 cm³/mol. The molecule has 0 unspecified atom stereocenters. The summed E-state index contributed by atoms with van der Waals surface area (Å²) in [6, 6.07) is 15.9. The molecule has 6 nitrogen and oxygen atoms in total. The van der Waals surface area contributed by atoms with Gasteiger partial charge in [-0.2, -0.15) is 0 Å². The molecule has 3 atom stereocenters. The van der Waals surface area contributed by atoms with E-state index in [0.717, 1.165) is 36.1 Å². The third-order valence-corrected chi connectivity index (χ3v) is 6.74. The van der Waals surface area contributed by atoms with Gasteiger partial charge in [-0.1, -0.05) is 42.5 Å². The quantitative estimate of drug-likeness (QED) is 0.767. The zero-order valence-electron chi connectivity index (χ0n) is 17.4. The van der Waals surface area contributed by atoms with Crippen molar-refractivity contribution in [2.45, 2.75) is 31.2 Å². The van der Waals surface area contributed by atoms with Crippen molar-refractivity contribution in [1.82, 2.24) is 9.62 Å². The molecule has 0 radical (unpaired) electrons. The molecule has 1 N–H and O–H groups in total. The van der Waals surface area contributed by atoms with Crippen LogP contribution in [0.3, 0.4) is 0 Å². The first-order valence-electron chi connectivity index (χ1n) is 10.4. The van der Waals surface area contributed by atoms with Gasteiger partial charge in [-0.15, -0.1) is 0 Å². The molecule has 1 saturated heterocycles. The van der Waals surface area contributed by atoms with Crippen LogP contribution in [0.15, 0.2) is 48.5 Å². The molecule has 1 aliphatic heterocycles. The average molecular weight is 429 g/mol. The summed E-state index contributed by atoms with van der Waals surface area (Å²) in [5.74, 6) is 1.09. The van der Waals surface area contributed by atoms with Gasteiger partial charge in [0, 0.05) is 30.6 Å². The molecule has 2 aliphatic rings. The lowest BCUT2D eigenvalue weighted by Gasteiger charge is -2.33. The van der Waals surface area contributed by atoms with Crippen molar-refractivity contribution in [2.75, 3.05) is 26.5 Å². The summed E-state index contributed by atoms with van der Waals surface area (Å²) >= 11 is 0. The van der Waals surface area contributed by atoms with Crippen LogP contribution < -0.4 is 9.46 Å². The maximum atomic E-state index is 13.2. The summed E-state index contributed by atoms with van der Waals surface area (Å²) in [4.78, 5) is 15.0. The normalized spacial score (nSPS) is 23.8. The Kier molecular flexibility index (Phi) is 5.84. The largest absolute Gasteiger partial charge is 0.496 e. The predicted octanol–water partition coefficient (Wildman–Crippen LogP) is 3.01. The average Bonchev–Trinajstić information content (AvgIpc) is 3.53. The monoisotopic (exact) mass is 428 g/mol. The van der Waals surface area contributed by atoms with Crippen molar-refractivity contribution >= 4 is 15.9 Å². The van der Waals surface area contributed by atoms with Crippen LogP contribution in [0.1, 0.15) is 30.7 Å². The molecule has 1 heterocycles. The molecule has 0 bridgehead atoms. The van der Waals surface area contributed by atoms with E-state index in [-0.39, 0.29) is 23.8 Å². The van der Waals surface area contributed by atoms with E-state index in [4.69, 9.17) is 4.74 Å². The Morgan fingerprint density at radius 3 is 2.53 bits per heavy atom. The van der Waals surface area contributed by atoms with Gasteiger partial charge in [0.05, 0.1) is 13.4 Å². The summed E-state index contributed by atoms with van der Waals surface area (Å²) < 4.78 is 31.3. The summed E-state index contributed by atoms with van der Waals surface area (Å²) in [7, 11) is -1.61. The molecule has 7 heteroatoms. The van der Waals surface area contributed by atoms with E-state index in [2.05, 4.69) is 16.9 Å². The van der Waals surface area contributed by atoms with Crippen LogP contribution in [0.4, 0.5) is 0 Å². The van der Waals surface area contributed by atoms with E-state index in [1.807, 2.05) is 41.3 Å². The highest BCUT2D eigenvalue weighted by Gasteiger charge is 2.47. The number of amides is 1. The first-order chi connectivity index (χ1) is 14.4. The van der Waals surface area contributed by atoms with Crippen LogP contribution in [0.5, 0.6) is 5.75 Å². The van der Waals surface area contributed by atoms with Crippen molar-refractivity contribution in [3.8, 4) is 16.9 Å². The number of benzene rings is 2. The lowest BCUT2D eigenvalue weighted by Crippen LogP contribution is -2.49. The van der Waals surface area contributed by atoms with E-state index >= 15 is 0 Å². The second kappa shape index (κ2) is 8.40. The zero-order valence-corrected chi connectivity index (χ0v) is 18.2. The lowest BCUT2D eigenvalue weighted by atomic mass is 9.95. The fraction of sp³-hybridized carbons (Fsp3) is 0.435. The van der Waals surface area contributed by atoms with E-state index < -0.39 is 10.0 Å². The highest BCUT2D eigenvalue weighted by Crippen LogP contribution is 2.52. The number of carbonyl (C=O) groups excluding carboxylic acids is 1. The second-order valence-electron chi connectivity index (χ2n) is 8.25. The van der Waals surface area contributed by atoms with Crippen LogP contribution in [0, 0.1) is 5.92 Å². The molecule has 1 saturated carbocycles. The molecule has 30 heavy (non-hydrogen) atoms. The van der Waals surface area contributed by atoms with Gasteiger partial charge in [-0.05, 0) is 42.4 Å². The van der Waals surface area contributed by atoms with E-state index in [9.17, 15) is 13.2 Å². The van der Waals surface area contributed by atoms with Crippen LogP contribution in [0.25, 0.3) is 11.1 Å². The maximum Gasteiger partial charge on any atom is 0.226 e. The highest BCUT2D eigenvalue weighted by molar-refractivity contribution is 7.88. The van der Waals surface area contributed by atoms with Crippen molar-refractivity contribution in [3.05, 3.63) is 54.1 Å². The molecular weight excluding hydrogens is 400 g/mol. The molecule has 1 amide bonds. The van der Waals surface area contributed by atoms with E-state index in [0.29, 0.717) is 13.1 Å². The Hall–Kier alpha value is -2.38. The fourth-order valence-corrected chi connectivity index (χ4v) is 5.35. The number of ether oxygens (including phenoxy) is 1. The van der Waals surface area contributed by atoms with Crippen molar-refractivity contribution < 1.29 is 17.9 Å². The Labute approximate surface area is 178 Å². The Morgan fingerprint density at radius 1 is 1.10 bits per heavy atom. The minimum Gasteiger partial charge on any atom is -0.496 e. The summed E-state index contributed by atoms with van der Waals surface area (Å²) in [6.07, 6.45) is 3.57. The van der Waals surface area contributed by atoms with Crippen LogP contribution in [-0.4, -0.2) is 51.7 Å². The van der Waals surface area contributed by atoms with E-state index in [1.54, 1.807) is 7.11 Å². The maximum absolute atomic E-state index is 13.2. The molecule has 2 aromatic carbocycles. The van der Waals surface area contributed by atoms with Gasteiger partial charge < -0.3 is 9.64 Å². The Balaban J connectivity index is 1.51. The minimum absolute atomic E-state index is 0.0437. The topological polar surface area (TPSA) is 75.7 Å². The molecule has 2 aromatic rings. The smallest absolute Gasteiger partial charge is 0.226 e. The van der Waals surface area contributed by atoms with Crippen molar-refractivity contribution in [1.29, 1.82) is 0 Å². The molecule has 0 spiro atoms. The van der Waals surface area contributed by atoms with Crippen molar-refractivity contribution in [2.24, 2.45) is 5.92 Å². The van der Waals surface area contributed by atoms with Crippen LogP contribution in [0.2, 0.25) is 0 Å². The number of sulfonamides is 1. The Morgan fingerprint density at radius 2 is 1.80 bits per heavy atom. The van der Waals surface area contributed by atoms with E-state index in [1.165, 1.54) is 11.8 Å². The molecule has 2 fully saturated rings. The van der Waals surface area contributed by atoms with Crippen LogP contribution >= 0.6 is 0 Å². The number of para-hydroxylation sites is 1. The van der Waals surface area contributed by atoms with Crippen molar-refractivity contribution in [3.63, 3.8) is 0 Å². The number of rotatable bonds is 6. The number of nitrogens with one attached hydrogen (secondary N) is 1. The molecule has 160 valence electrons. The number of hydrogen-bond donors (Lipinski definition) is 1. The zero-order chi connectivity index (χ0) is 21.3. The fourth-order valence-electron chi connectivity index (χ4n) is 4.56. The molecular formula is C23H28N2O4S. The van der Waals surface area contributed by atoms with Crippen LogP contribution in [-0.2, 0) is 14.8 Å². The minimum atomic E-state index is -3.27. The highest BCUT2D eigenvalue weighted by atomic mass is 32.2. The Bertz CT molecular complexity index is 1040. The number of piperidine rings is 1. The third kappa shape index (κ3) is 4.52. The number of nitrogens with zero attached hydrogens (tertiary/aromatic N) is 1. The third-order valence-electron chi connectivity index (χ3n) is 5.98. The van der Waals surface area contributed by atoms with Gasteiger partial charge >= 0.3 is 0 Å². The van der Waals surface area contributed by atoms with Gasteiger partial charge in [0.1, 0.15) is 5.75 Å². The molecule has 4 rings (SSSR count). The van der Waals surface area contributed by atoms with Gasteiger partial charge in [0.2, 0.25) is 15.9 Å². The first kappa shape index (κ1) is 20.9. The van der Waals surface area contributed by atoms with Gasteiger partial charge in [0.25, 0.3) is 0 Å².